The van der Waals surface area contributed by atoms with E-state index in [9.17, 15) is 4.79 Å². The first-order valence-electron chi connectivity index (χ1n) is 5.94. The maximum Gasteiger partial charge on any atom is 0.305 e. The number of carboxylic acid groups (broad SMARTS) is 1. The molecule has 18 heavy (non-hydrogen) atoms. The minimum Gasteiger partial charge on any atom is -0.486 e. The number of ether oxygens (including phenoxy) is 3. The molecule has 0 aromatic heterocycles. The Balaban J connectivity index is 1.77. The summed E-state index contributed by atoms with van der Waals surface area (Å²) < 4.78 is 16.1. The molecule has 0 aliphatic carbocycles. The first-order chi connectivity index (χ1) is 8.75. The zero-order valence-corrected chi connectivity index (χ0v) is 10.1. The van der Waals surface area contributed by atoms with Crippen LogP contribution in [0.2, 0.25) is 0 Å². The smallest absolute Gasteiger partial charge is 0.305 e. The van der Waals surface area contributed by atoms with Crippen LogP contribution in [-0.4, -0.2) is 37.5 Å². The van der Waals surface area contributed by atoms with E-state index in [0.29, 0.717) is 19.8 Å². The number of benzene rings is 1. The van der Waals surface area contributed by atoms with Gasteiger partial charge in [0.05, 0.1) is 19.6 Å². The highest BCUT2D eigenvalue weighted by Crippen LogP contribution is 2.30. The van der Waals surface area contributed by atoms with Gasteiger partial charge in [-0.2, -0.15) is 0 Å². The highest BCUT2D eigenvalue weighted by molar-refractivity contribution is 5.66. The van der Waals surface area contributed by atoms with Gasteiger partial charge in [0, 0.05) is 0 Å². The molecule has 1 aromatic carbocycles. The van der Waals surface area contributed by atoms with E-state index in [2.05, 4.69) is 0 Å². The van der Waals surface area contributed by atoms with Crippen LogP contribution in [-0.2, 0) is 16.0 Å². The molecule has 1 N–H and O–H groups in total. The number of rotatable bonds is 6. The van der Waals surface area contributed by atoms with Gasteiger partial charge in [0.2, 0.25) is 0 Å². The lowest BCUT2D eigenvalue weighted by Gasteiger charge is -2.18. The number of fused-ring (bicyclic) bond motifs is 1. The zero-order valence-electron chi connectivity index (χ0n) is 10.1. The number of hydrogen-bond donors (Lipinski definition) is 1. The zero-order chi connectivity index (χ0) is 12.8. The number of aliphatic carboxylic acids is 1. The van der Waals surface area contributed by atoms with E-state index < -0.39 is 5.97 Å². The molecule has 0 fully saturated rings. The molecule has 1 aliphatic heterocycles. The van der Waals surface area contributed by atoms with Crippen molar-refractivity contribution in [1.82, 2.24) is 0 Å². The van der Waals surface area contributed by atoms with Crippen LogP contribution >= 0.6 is 0 Å². The van der Waals surface area contributed by atoms with Crippen LogP contribution < -0.4 is 9.47 Å². The number of carbonyl (C=O) groups is 1. The standard InChI is InChI=1S/C13H16O5/c14-13(15)4-6-16-5-3-10-1-2-11-12(9-10)18-8-7-17-11/h1-2,9H,3-8H2,(H,14,15). The van der Waals surface area contributed by atoms with Crippen molar-refractivity contribution in [1.29, 1.82) is 0 Å². The van der Waals surface area contributed by atoms with Gasteiger partial charge < -0.3 is 19.3 Å². The Labute approximate surface area is 105 Å². The molecule has 5 heteroatoms. The van der Waals surface area contributed by atoms with E-state index in [-0.39, 0.29) is 13.0 Å². The summed E-state index contributed by atoms with van der Waals surface area (Å²) in [6.45, 7) is 1.92. The lowest BCUT2D eigenvalue weighted by atomic mass is 10.1. The second kappa shape index (κ2) is 6.26. The molecular weight excluding hydrogens is 236 g/mol. The Morgan fingerprint density at radius 2 is 2.00 bits per heavy atom. The molecule has 0 unspecified atom stereocenters. The summed E-state index contributed by atoms with van der Waals surface area (Å²) in [5, 5.41) is 8.45. The summed E-state index contributed by atoms with van der Waals surface area (Å²) in [4.78, 5) is 10.3. The van der Waals surface area contributed by atoms with Crippen molar-refractivity contribution in [3.05, 3.63) is 23.8 Å². The average Bonchev–Trinajstić information content (AvgIpc) is 2.38. The quantitative estimate of drug-likeness (QED) is 0.777. The Hall–Kier alpha value is -1.75. The van der Waals surface area contributed by atoms with Crippen molar-refractivity contribution in [2.45, 2.75) is 12.8 Å². The molecule has 0 saturated carbocycles. The first-order valence-corrected chi connectivity index (χ1v) is 5.94. The van der Waals surface area contributed by atoms with Crippen LogP contribution in [0.3, 0.4) is 0 Å². The lowest BCUT2D eigenvalue weighted by Crippen LogP contribution is -2.15. The normalized spacial score (nSPS) is 13.3. The predicted molar refractivity (Wildman–Crippen MR) is 64.2 cm³/mol. The summed E-state index contributed by atoms with van der Waals surface area (Å²) in [6.07, 6.45) is 0.775. The Morgan fingerprint density at radius 1 is 1.22 bits per heavy atom. The average molecular weight is 252 g/mol. The van der Waals surface area contributed by atoms with E-state index in [4.69, 9.17) is 19.3 Å². The number of hydrogen-bond acceptors (Lipinski definition) is 4. The third kappa shape index (κ3) is 3.63. The van der Waals surface area contributed by atoms with Gasteiger partial charge in [-0.3, -0.25) is 4.79 Å². The van der Waals surface area contributed by atoms with Crippen molar-refractivity contribution in [2.75, 3.05) is 26.4 Å². The minimum absolute atomic E-state index is 0.0428. The summed E-state index contributed by atoms with van der Waals surface area (Å²) >= 11 is 0. The molecule has 0 amide bonds. The highest BCUT2D eigenvalue weighted by Gasteiger charge is 2.11. The molecule has 0 saturated heterocycles. The Bertz CT molecular complexity index is 416. The molecule has 98 valence electrons. The molecule has 0 radical (unpaired) electrons. The second-order valence-electron chi connectivity index (χ2n) is 3.98. The molecule has 5 nitrogen and oxygen atoms in total. The molecular formula is C13H16O5. The molecule has 2 rings (SSSR count). The highest BCUT2D eigenvalue weighted by atomic mass is 16.6. The van der Waals surface area contributed by atoms with Crippen molar-refractivity contribution >= 4 is 5.97 Å². The van der Waals surface area contributed by atoms with Crippen LogP contribution in [0.4, 0.5) is 0 Å². The molecule has 0 bridgehead atoms. The van der Waals surface area contributed by atoms with Gasteiger partial charge in [0.1, 0.15) is 13.2 Å². The number of carboxylic acids is 1. The van der Waals surface area contributed by atoms with Crippen LogP contribution in [0, 0.1) is 0 Å². The maximum absolute atomic E-state index is 10.3. The van der Waals surface area contributed by atoms with Gasteiger partial charge in [-0.1, -0.05) is 6.07 Å². The van der Waals surface area contributed by atoms with Crippen molar-refractivity contribution in [2.24, 2.45) is 0 Å². The molecule has 0 spiro atoms. The predicted octanol–water partition coefficient (Wildman–Crippen LogP) is 1.49. The van der Waals surface area contributed by atoms with Crippen molar-refractivity contribution in [3.8, 4) is 11.5 Å². The van der Waals surface area contributed by atoms with E-state index >= 15 is 0 Å². The SMILES string of the molecule is O=C(O)CCOCCc1ccc2c(c1)OCCO2. The first kappa shape index (κ1) is 12.7. The van der Waals surface area contributed by atoms with Crippen LogP contribution in [0.5, 0.6) is 11.5 Å². The van der Waals surface area contributed by atoms with E-state index in [1.54, 1.807) is 0 Å². The molecule has 1 heterocycles. The fourth-order valence-electron chi connectivity index (χ4n) is 1.69. The summed E-state index contributed by atoms with van der Waals surface area (Å²) in [5.41, 5.74) is 1.09. The van der Waals surface area contributed by atoms with E-state index in [0.717, 1.165) is 23.5 Å². The van der Waals surface area contributed by atoms with Gasteiger partial charge >= 0.3 is 5.97 Å². The topological polar surface area (TPSA) is 65.0 Å². The van der Waals surface area contributed by atoms with Gasteiger partial charge in [-0.15, -0.1) is 0 Å². The summed E-state index contributed by atoms with van der Waals surface area (Å²) in [5.74, 6) is 0.704. The monoisotopic (exact) mass is 252 g/mol. The van der Waals surface area contributed by atoms with Gasteiger partial charge in [-0.05, 0) is 24.1 Å². The van der Waals surface area contributed by atoms with Crippen LogP contribution in [0.25, 0.3) is 0 Å². The van der Waals surface area contributed by atoms with E-state index in [1.807, 2.05) is 18.2 Å². The molecule has 0 atom stereocenters. The van der Waals surface area contributed by atoms with Crippen LogP contribution in [0.15, 0.2) is 18.2 Å². The molecule has 1 aromatic rings. The summed E-state index contributed by atoms with van der Waals surface area (Å²) in [7, 11) is 0. The fourth-order valence-corrected chi connectivity index (χ4v) is 1.69. The second-order valence-corrected chi connectivity index (χ2v) is 3.98. The van der Waals surface area contributed by atoms with Crippen molar-refractivity contribution < 1.29 is 24.1 Å². The van der Waals surface area contributed by atoms with Crippen LogP contribution in [0.1, 0.15) is 12.0 Å². The fraction of sp³-hybridized carbons (Fsp3) is 0.462. The Morgan fingerprint density at radius 3 is 2.78 bits per heavy atom. The Kier molecular flexibility index (Phi) is 4.41. The van der Waals surface area contributed by atoms with E-state index in [1.165, 1.54) is 0 Å². The maximum atomic E-state index is 10.3. The third-order valence-corrected chi connectivity index (χ3v) is 2.60. The van der Waals surface area contributed by atoms with Gasteiger partial charge in [0.15, 0.2) is 11.5 Å². The van der Waals surface area contributed by atoms with Gasteiger partial charge in [0.25, 0.3) is 0 Å². The molecule has 1 aliphatic rings. The largest absolute Gasteiger partial charge is 0.486 e. The summed E-state index contributed by atoms with van der Waals surface area (Å²) in [6, 6.07) is 5.80. The van der Waals surface area contributed by atoms with Gasteiger partial charge in [-0.25, -0.2) is 0 Å². The van der Waals surface area contributed by atoms with Crippen molar-refractivity contribution in [3.63, 3.8) is 0 Å². The third-order valence-electron chi connectivity index (χ3n) is 2.60. The minimum atomic E-state index is -0.839. The lowest BCUT2D eigenvalue weighted by molar-refractivity contribution is -0.138.